The lowest BCUT2D eigenvalue weighted by molar-refractivity contribution is 0.0582. The van der Waals surface area contributed by atoms with Crippen LogP contribution in [0.4, 0.5) is 0 Å². The molecule has 0 heterocycles. The molecule has 0 aromatic rings. The van der Waals surface area contributed by atoms with Crippen molar-refractivity contribution in [2.75, 3.05) is 0 Å². The Labute approximate surface area is 149 Å². The third-order valence-corrected chi connectivity index (χ3v) is 5.80. The lowest BCUT2D eigenvalue weighted by Crippen LogP contribution is -2.34. The van der Waals surface area contributed by atoms with E-state index in [1.54, 1.807) is 0 Å². The lowest BCUT2D eigenvalue weighted by atomic mass is 9.60. The molecule has 0 nitrogen and oxygen atoms in total. The topological polar surface area (TPSA) is 0 Å². The zero-order valence-electron chi connectivity index (χ0n) is 17.9. The highest BCUT2D eigenvalue weighted by Gasteiger charge is 2.38. The molecule has 0 N–H and O–H groups in total. The predicted molar refractivity (Wildman–Crippen MR) is 108 cm³/mol. The second-order valence-corrected chi connectivity index (χ2v) is 9.64. The predicted octanol–water partition coefficient (Wildman–Crippen LogP) is 8.64. The van der Waals surface area contributed by atoms with Crippen LogP contribution in [0.1, 0.15) is 126 Å². The van der Waals surface area contributed by atoms with Gasteiger partial charge in [0.2, 0.25) is 0 Å². The highest BCUT2D eigenvalue weighted by Crippen LogP contribution is 2.49. The molecule has 0 aliphatic heterocycles. The van der Waals surface area contributed by atoms with Crippen LogP contribution in [0.5, 0.6) is 0 Å². The second kappa shape index (κ2) is 11.5. The summed E-state index contributed by atoms with van der Waals surface area (Å²) in [4.78, 5) is 0. The fourth-order valence-electron chi connectivity index (χ4n) is 5.02. The van der Waals surface area contributed by atoms with Crippen LogP contribution in [0.25, 0.3) is 0 Å². The zero-order valence-corrected chi connectivity index (χ0v) is 17.9. The maximum absolute atomic E-state index is 2.46. The third-order valence-electron chi connectivity index (χ3n) is 5.80. The molecule has 2 aliphatic carbocycles. The summed E-state index contributed by atoms with van der Waals surface area (Å²) in [7, 11) is 0. The Morgan fingerprint density at radius 2 is 1.35 bits per heavy atom. The van der Waals surface area contributed by atoms with Crippen LogP contribution in [0.15, 0.2) is 0 Å². The van der Waals surface area contributed by atoms with Gasteiger partial charge in [0.05, 0.1) is 0 Å². The third kappa shape index (κ3) is 10.5. The minimum absolute atomic E-state index is 0.586. The van der Waals surface area contributed by atoms with Crippen LogP contribution in [-0.2, 0) is 0 Å². The van der Waals surface area contributed by atoms with Gasteiger partial charge in [-0.3, -0.25) is 0 Å². The summed E-state index contributed by atoms with van der Waals surface area (Å²) < 4.78 is 0. The zero-order chi connectivity index (χ0) is 17.9. The van der Waals surface area contributed by atoms with Crippen molar-refractivity contribution >= 4 is 0 Å². The van der Waals surface area contributed by atoms with E-state index in [1.165, 1.54) is 70.6 Å². The summed E-state index contributed by atoms with van der Waals surface area (Å²) in [6.07, 6.45) is 15.8. The molecule has 0 amide bonds. The number of hydrogen-bond donors (Lipinski definition) is 0. The summed E-state index contributed by atoms with van der Waals surface area (Å²) in [5.74, 6) is 2.02. The summed E-state index contributed by atoms with van der Waals surface area (Å²) in [6.45, 7) is 18.6. The van der Waals surface area contributed by atoms with E-state index in [0.29, 0.717) is 10.8 Å². The van der Waals surface area contributed by atoms with Crippen LogP contribution < -0.4 is 0 Å². The molecular weight excluding hydrogens is 276 g/mol. The molecule has 0 saturated heterocycles. The van der Waals surface area contributed by atoms with Crippen molar-refractivity contribution in [3.63, 3.8) is 0 Å². The van der Waals surface area contributed by atoms with Crippen molar-refractivity contribution < 1.29 is 0 Å². The Morgan fingerprint density at radius 1 is 0.826 bits per heavy atom. The Balaban J connectivity index is 0.000000379. The van der Waals surface area contributed by atoms with Crippen molar-refractivity contribution in [1.82, 2.24) is 0 Å². The molecule has 0 radical (unpaired) electrons. The van der Waals surface area contributed by atoms with Gasteiger partial charge in [-0.1, -0.05) is 107 Å². The van der Waals surface area contributed by atoms with E-state index in [9.17, 15) is 0 Å². The Kier molecular flexibility index (Phi) is 11.5. The van der Waals surface area contributed by atoms with Gasteiger partial charge in [-0.2, -0.15) is 0 Å². The van der Waals surface area contributed by atoms with E-state index >= 15 is 0 Å². The summed E-state index contributed by atoms with van der Waals surface area (Å²) in [6, 6.07) is 0. The second-order valence-electron chi connectivity index (χ2n) is 9.64. The number of rotatable bonds is 2. The maximum Gasteiger partial charge on any atom is -0.0321 e. The molecule has 2 fully saturated rings. The van der Waals surface area contributed by atoms with Gasteiger partial charge < -0.3 is 0 Å². The van der Waals surface area contributed by atoms with Gasteiger partial charge >= 0.3 is 0 Å². The first kappa shape index (κ1) is 23.0. The van der Waals surface area contributed by atoms with E-state index in [-0.39, 0.29) is 0 Å². The normalized spacial score (nSPS) is 30.5. The van der Waals surface area contributed by atoms with Gasteiger partial charge in [-0.15, -0.1) is 0 Å². The standard InChI is InChI=1S/C12H24.C8H16.C3H8/c1-6-12(5)8-10(2)7-11(3,4)9-12;1-2-8-6-4-3-5-7-8;1-3-2/h10H,6-9H2,1-5H3;8H,2-7H2,1H3;3H2,1-2H3. The van der Waals surface area contributed by atoms with Crippen molar-refractivity contribution in [2.24, 2.45) is 22.7 Å². The Morgan fingerprint density at radius 3 is 1.70 bits per heavy atom. The van der Waals surface area contributed by atoms with Gasteiger partial charge in [0.15, 0.2) is 0 Å². The quantitative estimate of drug-likeness (QED) is 0.476. The lowest BCUT2D eigenvalue weighted by Gasteiger charge is -2.45. The molecule has 2 aliphatic rings. The van der Waals surface area contributed by atoms with Crippen LogP contribution in [0.2, 0.25) is 0 Å². The monoisotopic (exact) mass is 324 g/mol. The van der Waals surface area contributed by atoms with Gasteiger partial charge in [0, 0.05) is 0 Å². The van der Waals surface area contributed by atoms with Crippen molar-refractivity contribution in [3.8, 4) is 0 Å². The van der Waals surface area contributed by atoms with Crippen molar-refractivity contribution in [3.05, 3.63) is 0 Å². The highest BCUT2D eigenvalue weighted by atomic mass is 14.4. The fourth-order valence-corrected chi connectivity index (χ4v) is 5.02. The summed E-state index contributed by atoms with van der Waals surface area (Å²) in [5.41, 5.74) is 1.21. The summed E-state index contributed by atoms with van der Waals surface area (Å²) >= 11 is 0. The van der Waals surface area contributed by atoms with Crippen LogP contribution in [0, 0.1) is 22.7 Å². The van der Waals surface area contributed by atoms with Crippen molar-refractivity contribution in [1.29, 1.82) is 0 Å². The molecule has 0 aromatic carbocycles. The first-order valence-corrected chi connectivity index (χ1v) is 10.7. The van der Waals surface area contributed by atoms with E-state index in [0.717, 1.165) is 11.8 Å². The molecule has 140 valence electrons. The minimum Gasteiger partial charge on any atom is -0.0656 e. The van der Waals surface area contributed by atoms with Gasteiger partial charge in [-0.05, 0) is 41.9 Å². The average molecular weight is 325 g/mol. The molecule has 23 heavy (non-hydrogen) atoms. The van der Waals surface area contributed by atoms with Gasteiger partial charge in [0.1, 0.15) is 0 Å². The molecular formula is C23H48. The fraction of sp³-hybridized carbons (Fsp3) is 1.00. The van der Waals surface area contributed by atoms with Crippen LogP contribution in [0.3, 0.4) is 0 Å². The van der Waals surface area contributed by atoms with Crippen molar-refractivity contribution in [2.45, 2.75) is 126 Å². The molecule has 0 spiro atoms. The first-order valence-electron chi connectivity index (χ1n) is 10.7. The molecule has 2 unspecified atom stereocenters. The van der Waals surface area contributed by atoms with Gasteiger partial charge in [0.25, 0.3) is 0 Å². The Bertz CT molecular complexity index is 272. The van der Waals surface area contributed by atoms with Crippen LogP contribution >= 0.6 is 0 Å². The van der Waals surface area contributed by atoms with E-state index in [4.69, 9.17) is 0 Å². The molecule has 2 rings (SSSR count). The van der Waals surface area contributed by atoms with Gasteiger partial charge in [-0.25, -0.2) is 0 Å². The maximum atomic E-state index is 2.46. The SMILES string of the molecule is CCC.CCC1(C)CC(C)CC(C)(C)C1.CCC1CCCCC1. The molecule has 0 aromatic heterocycles. The molecule has 0 heteroatoms. The summed E-state index contributed by atoms with van der Waals surface area (Å²) in [5, 5.41) is 0. The largest absolute Gasteiger partial charge is 0.0656 e. The van der Waals surface area contributed by atoms with E-state index in [1.807, 2.05) is 0 Å². The molecule has 2 atom stereocenters. The Hall–Kier alpha value is 0. The smallest absolute Gasteiger partial charge is 0.0321 e. The highest BCUT2D eigenvalue weighted by molar-refractivity contribution is 4.89. The number of hydrogen-bond acceptors (Lipinski definition) is 0. The van der Waals surface area contributed by atoms with E-state index in [2.05, 4.69) is 55.4 Å². The molecule has 2 saturated carbocycles. The first-order chi connectivity index (χ1) is 10.7. The van der Waals surface area contributed by atoms with E-state index < -0.39 is 0 Å². The average Bonchev–Trinajstić information content (AvgIpc) is 2.47. The van der Waals surface area contributed by atoms with Crippen LogP contribution in [-0.4, -0.2) is 0 Å². The molecule has 0 bridgehead atoms. The minimum atomic E-state index is 0.586.